The van der Waals surface area contributed by atoms with E-state index in [1.807, 2.05) is 97.1 Å². The topological polar surface area (TPSA) is 91.4 Å². The van der Waals surface area contributed by atoms with Crippen LogP contribution < -0.4 is 23.8 Å². The average Bonchev–Trinajstić information content (AvgIpc) is 3.96. The Hall–Kier alpha value is -5.86. The van der Waals surface area contributed by atoms with E-state index in [4.69, 9.17) is 30.5 Å². The largest absolute Gasteiger partial charge is 0.454 e. The molecule has 0 radical (unpaired) electrons. The first kappa shape index (κ1) is 29.1. The molecule has 9 heteroatoms. The van der Waals surface area contributed by atoms with Crippen LogP contribution in [0.25, 0.3) is 11.1 Å². The molecular formula is C41H26ClNO7. The summed E-state index contributed by atoms with van der Waals surface area (Å²) in [5.74, 6) is -1.19. The molecule has 1 saturated heterocycles. The number of benzene rings is 5. The first-order valence-corrected chi connectivity index (χ1v) is 16.7. The fourth-order valence-electron chi connectivity index (χ4n) is 9.10. The van der Waals surface area contributed by atoms with Gasteiger partial charge in [-0.25, -0.2) is 4.90 Å². The van der Waals surface area contributed by atoms with Crippen molar-refractivity contribution in [3.8, 4) is 23.0 Å². The number of amides is 2. The summed E-state index contributed by atoms with van der Waals surface area (Å²) in [5, 5.41) is 0.260. The van der Waals surface area contributed by atoms with Gasteiger partial charge in [-0.1, -0.05) is 96.5 Å². The normalized spacial score (nSPS) is 25.5. The highest BCUT2D eigenvalue weighted by Crippen LogP contribution is 2.75. The zero-order valence-corrected chi connectivity index (χ0v) is 27.1. The van der Waals surface area contributed by atoms with E-state index < -0.39 is 34.5 Å². The maximum Gasteiger partial charge on any atom is 0.239 e. The summed E-state index contributed by atoms with van der Waals surface area (Å²) in [4.78, 5) is 47.7. The van der Waals surface area contributed by atoms with E-state index in [0.29, 0.717) is 56.4 Å². The van der Waals surface area contributed by atoms with Crippen LogP contribution in [0.4, 0.5) is 5.69 Å². The standard InChI is InChI=1S/C41H26ClNO7/c42-27-13-7-8-14-28(27)43-37(44)35-36(38(43)45)41(26-11-5-2-6-12-26)34(24-16-18-30-32(20-24)50-22-48-30)33(23-15-17-29-31(19-23)49-21-47-29)40(35,39(41)46)25-9-3-1-4-10-25/h1-20,35-36H,21-22H2/t35-,36-,40+,41+/m1/s1. The third kappa shape index (κ3) is 3.48. The zero-order valence-electron chi connectivity index (χ0n) is 26.3. The molecule has 5 aromatic rings. The molecule has 0 unspecified atom stereocenters. The molecule has 1 saturated carbocycles. The second-order valence-corrected chi connectivity index (χ2v) is 13.4. The first-order chi connectivity index (χ1) is 24.5. The minimum atomic E-state index is -1.59. The number of allylic oxidation sites excluding steroid dienone is 2. The first-order valence-electron chi connectivity index (χ1n) is 16.3. The van der Waals surface area contributed by atoms with E-state index in [1.165, 1.54) is 4.90 Å². The molecular weight excluding hydrogens is 654 g/mol. The maximum absolute atomic E-state index is 16.2. The van der Waals surface area contributed by atoms with Gasteiger partial charge >= 0.3 is 0 Å². The highest BCUT2D eigenvalue weighted by atomic mass is 35.5. The number of hydrogen-bond donors (Lipinski definition) is 0. The highest BCUT2D eigenvalue weighted by molar-refractivity contribution is 6.41. The SMILES string of the molecule is O=C1[C@H]2[C@H](C(=O)N1c1ccccc1Cl)[C@@]1(c3ccccc3)C(=O)[C@@]2(c2ccccc2)C(c2ccc3c(c2)OCO3)=C1c1ccc2c(c1)OCO2. The van der Waals surface area contributed by atoms with Gasteiger partial charge in [0.15, 0.2) is 28.8 Å². The van der Waals surface area contributed by atoms with Crippen LogP contribution in [0.2, 0.25) is 5.02 Å². The summed E-state index contributed by atoms with van der Waals surface area (Å²) in [6.07, 6.45) is 0. The Labute approximate surface area is 291 Å². The molecule has 5 aliphatic rings. The molecule has 2 bridgehead atoms. The van der Waals surface area contributed by atoms with Crippen molar-refractivity contribution in [3.05, 3.63) is 149 Å². The van der Waals surface area contributed by atoms with E-state index in [9.17, 15) is 0 Å². The summed E-state index contributed by atoms with van der Waals surface area (Å²) in [5.41, 5.74) is 0.918. The predicted octanol–water partition coefficient (Wildman–Crippen LogP) is 6.99. The second-order valence-electron chi connectivity index (χ2n) is 13.0. The van der Waals surface area contributed by atoms with Crippen LogP contribution in [-0.2, 0) is 25.2 Å². The van der Waals surface area contributed by atoms with Gasteiger partial charge < -0.3 is 18.9 Å². The van der Waals surface area contributed by atoms with Gasteiger partial charge in [-0.3, -0.25) is 14.4 Å². The van der Waals surface area contributed by atoms with E-state index in [2.05, 4.69) is 0 Å². The minimum Gasteiger partial charge on any atom is -0.454 e. The van der Waals surface area contributed by atoms with E-state index >= 15 is 14.4 Å². The second kappa shape index (κ2) is 10.3. The van der Waals surface area contributed by atoms with Crippen LogP contribution in [0.5, 0.6) is 23.0 Å². The summed E-state index contributed by atoms with van der Waals surface area (Å²) in [6.45, 7) is 0.127. The van der Waals surface area contributed by atoms with Crippen molar-refractivity contribution in [3.63, 3.8) is 0 Å². The van der Waals surface area contributed by atoms with Gasteiger partial charge in [0.2, 0.25) is 25.4 Å². The minimum absolute atomic E-state index is 0.0635. The van der Waals surface area contributed by atoms with E-state index in [0.717, 1.165) is 0 Å². The summed E-state index contributed by atoms with van der Waals surface area (Å²) >= 11 is 6.69. The van der Waals surface area contributed by atoms with Crippen molar-refractivity contribution in [2.45, 2.75) is 10.8 Å². The number of imide groups is 1. The maximum atomic E-state index is 16.2. The van der Waals surface area contributed by atoms with E-state index in [1.54, 1.807) is 24.3 Å². The van der Waals surface area contributed by atoms with Crippen LogP contribution in [0.3, 0.4) is 0 Å². The molecule has 2 fully saturated rings. The lowest BCUT2D eigenvalue weighted by molar-refractivity contribution is -0.130. The number of ketones is 1. The van der Waals surface area contributed by atoms with Gasteiger partial charge in [0, 0.05) is 0 Å². The fourth-order valence-corrected chi connectivity index (χ4v) is 9.32. The predicted molar refractivity (Wildman–Crippen MR) is 184 cm³/mol. The number of Topliss-reactive ketones (excluding diaryl/α,β-unsaturated/α-hetero) is 1. The molecule has 244 valence electrons. The monoisotopic (exact) mass is 679 g/mol. The Balaban J connectivity index is 1.38. The van der Waals surface area contributed by atoms with Gasteiger partial charge in [0.05, 0.1) is 33.4 Å². The van der Waals surface area contributed by atoms with Crippen LogP contribution in [-0.4, -0.2) is 31.2 Å². The third-order valence-electron chi connectivity index (χ3n) is 10.9. The molecule has 5 aromatic carbocycles. The third-order valence-corrected chi connectivity index (χ3v) is 11.2. The van der Waals surface area contributed by atoms with Crippen molar-refractivity contribution >= 4 is 46.0 Å². The molecule has 10 rings (SSSR count). The average molecular weight is 680 g/mol. The zero-order chi connectivity index (χ0) is 33.8. The van der Waals surface area contributed by atoms with Gasteiger partial charge in [-0.15, -0.1) is 0 Å². The Morgan fingerprint density at radius 1 is 0.540 bits per heavy atom. The number of fused-ring (bicyclic) bond motifs is 7. The number of rotatable bonds is 5. The molecule has 8 nitrogen and oxygen atoms in total. The molecule has 0 spiro atoms. The molecule has 3 heterocycles. The number of nitrogens with zero attached hydrogens (tertiary/aromatic N) is 1. The summed E-state index contributed by atoms with van der Waals surface area (Å²) in [6, 6.07) is 36.7. The van der Waals surface area contributed by atoms with Crippen molar-refractivity contribution in [2.24, 2.45) is 11.8 Å². The van der Waals surface area contributed by atoms with Gasteiger partial charge in [-0.2, -0.15) is 0 Å². The fraction of sp³-hybridized carbons (Fsp3) is 0.146. The Morgan fingerprint density at radius 2 is 0.980 bits per heavy atom. The van der Waals surface area contributed by atoms with Crippen molar-refractivity contribution in [1.29, 1.82) is 0 Å². The molecule has 3 aliphatic heterocycles. The lowest BCUT2D eigenvalue weighted by Crippen LogP contribution is -2.45. The van der Waals surface area contributed by atoms with Gasteiger partial charge in [0.1, 0.15) is 0 Å². The van der Waals surface area contributed by atoms with Crippen molar-refractivity contribution in [1.82, 2.24) is 0 Å². The van der Waals surface area contributed by atoms with Crippen LogP contribution in [0.15, 0.2) is 121 Å². The smallest absolute Gasteiger partial charge is 0.239 e. The Kier molecular flexibility index (Phi) is 6.01. The van der Waals surface area contributed by atoms with Crippen LogP contribution >= 0.6 is 11.6 Å². The molecule has 0 aromatic heterocycles. The molecule has 2 aliphatic carbocycles. The Morgan fingerprint density at radius 3 is 1.46 bits per heavy atom. The van der Waals surface area contributed by atoms with Crippen LogP contribution in [0.1, 0.15) is 22.3 Å². The molecule has 2 amide bonds. The Bertz CT molecular complexity index is 2200. The number of ether oxygens (including phenoxy) is 4. The number of carbonyl (C=O) groups is 3. The van der Waals surface area contributed by atoms with Gasteiger partial charge in [0.25, 0.3) is 0 Å². The summed E-state index contributed by atoms with van der Waals surface area (Å²) in [7, 11) is 0. The number of carbonyl (C=O) groups excluding carboxylic acids is 3. The number of anilines is 1. The highest BCUT2D eigenvalue weighted by Gasteiger charge is 2.83. The summed E-state index contributed by atoms with van der Waals surface area (Å²) < 4.78 is 23.1. The quantitative estimate of drug-likeness (QED) is 0.185. The number of hydrogen-bond acceptors (Lipinski definition) is 7. The van der Waals surface area contributed by atoms with Crippen LogP contribution in [0, 0.1) is 11.8 Å². The van der Waals surface area contributed by atoms with Crippen molar-refractivity contribution in [2.75, 3.05) is 18.5 Å². The molecule has 50 heavy (non-hydrogen) atoms. The lowest BCUT2D eigenvalue weighted by atomic mass is 9.59. The van der Waals surface area contributed by atoms with Gasteiger partial charge in [-0.05, 0) is 69.8 Å². The number of para-hydroxylation sites is 1. The lowest BCUT2D eigenvalue weighted by Gasteiger charge is -2.39. The molecule has 4 atom stereocenters. The van der Waals surface area contributed by atoms with E-state index in [-0.39, 0.29) is 30.1 Å². The number of halogens is 1. The molecule has 0 N–H and O–H groups in total. The van der Waals surface area contributed by atoms with Crippen molar-refractivity contribution < 1.29 is 33.3 Å².